The molecule has 2 fully saturated rings. The van der Waals surface area contributed by atoms with Crippen molar-refractivity contribution in [1.82, 2.24) is 5.32 Å². The number of piperazine rings is 1. The molecule has 3 heteroatoms. The van der Waals surface area contributed by atoms with Gasteiger partial charge < -0.3 is 10.2 Å². The molecule has 1 N–H and O–H groups in total. The maximum absolute atomic E-state index is 13.6. The van der Waals surface area contributed by atoms with E-state index in [0.717, 1.165) is 30.3 Å². The fourth-order valence-corrected chi connectivity index (χ4v) is 3.27. The molecule has 1 aromatic carbocycles. The van der Waals surface area contributed by atoms with E-state index in [1.54, 1.807) is 12.1 Å². The fourth-order valence-electron chi connectivity index (χ4n) is 3.27. The summed E-state index contributed by atoms with van der Waals surface area (Å²) in [5, 5.41) is 3.71. The van der Waals surface area contributed by atoms with Crippen LogP contribution in [0.5, 0.6) is 0 Å². The molecule has 2 nitrogen and oxygen atoms in total. The first-order chi connectivity index (χ1) is 8.99. The molecule has 0 amide bonds. The minimum absolute atomic E-state index is 0.139. The number of nitrogens with zero attached hydrogens (tertiary/aromatic N) is 1. The molecule has 1 aliphatic carbocycles. The Bertz CT molecular complexity index is 484. The summed E-state index contributed by atoms with van der Waals surface area (Å²) >= 11 is 0. The standard InChI is InChI=1S/C16H23FN2/c1-11-4-7-14(17)8-15(11)19-10-16(3,13-5-6-13)18-9-12(19)2/h4,7-8,12-13,18H,5-6,9-10H2,1-3H3. The molecule has 0 spiro atoms. The fraction of sp³-hybridized carbons (Fsp3) is 0.625. The highest BCUT2D eigenvalue weighted by Gasteiger charge is 2.45. The molecule has 1 saturated heterocycles. The SMILES string of the molecule is Cc1ccc(F)cc1N1CC(C)(C2CC2)NCC1C. The van der Waals surface area contributed by atoms with Crippen molar-refractivity contribution in [3.63, 3.8) is 0 Å². The summed E-state index contributed by atoms with van der Waals surface area (Å²) in [7, 11) is 0. The number of hydrogen-bond acceptors (Lipinski definition) is 2. The Morgan fingerprint density at radius 3 is 2.79 bits per heavy atom. The van der Waals surface area contributed by atoms with Crippen molar-refractivity contribution in [1.29, 1.82) is 0 Å². The van der Waals surface area contributed by atoms with Gasteiger partial charge in [-0.3, -0.25) is 0 Å². The lowest BCUT2D eigenvalue weighted by Gasteiger charge is -2.47. The third-order valence-corrected chi connectivity index (χ3v) is 4.79. The second-order valence-electron chi connectivity index (χ2n) is 6.48. The molecule has 3 rings (SSSR count). The van der Waals surface area contributed by atoms with Crippen molar-refractivity contribution < 1.29 is 4.39 Å². The lowest BCUT2D eigenvalue weighted by molar-refractivity contribution is 0.260. The second kappa shape index (κ2) is 4.48. The minimum Gasteiger partial charge on any atom is -0.365 e. The molecule has 1 heterocycles. The minimum atomic E-state index is -0.139. The van der Waals surface area contributed by atoms with Gasteiger partial charge in [-0.2, -0.15) is 0 Å². The smallest absolute Gasteiger partial charge is 0.125 e. The highest BCUT2D eigenvalue weighted by atomic mass is 19.1. The van der Waals surface area contributed by atoms with Crippen LogP contribution in [0.4, 0.5) is 10.1 Å². The summed E-state index contributed by atoms with van der Waals surface area (Å²) < 4.78 is 13.6. The first-order valence-corrected chi connectivity index (χ1v) is 7.27. The van der Waals surface area contributed by atoms with Crippen LogP contribution >= 0.6 is 0 Å². The third kappa shape index (κ3) is 2.36. The van der Waals surface area contributed by atoms with E-state index in [4.69, 9.17) is 0 Å². The van der Waals surface area contributed by atoms with Gasteiger partial charge >= 0.3 is 0 Å². The van der Waals surface area contributed by atoms with Gasteiger partial charge in [0.05, 0.1) is 0 Å². The molecule has 2 atom stereocenters. The summed E-state index contributed by atoms with van der Waals surface area (Å²) in [5.74, 6) is 0.649. The van der Waals surface area contributed by atoms with Gasteiger partial charge in [0.25, 0.3) is 0 Å². The second-order valence-corrected chi connectivity index (χ2v) is 6.48. The number of anilines is 1. The molecule has 0 radical (unpaired) electrons. The Balaban J connectivity index is 1.90. The average molecular weight is 262 g/mol. The maximum atomic E-state index is 13.6. The summed E-state index contributed by atoms with van der Waals surface area (Å²) in [6.07, 6.45) is 2.65. The van der Waals surface area contributed by atoms with Crippen molar-refractivity contribution in [2.45, 2.75) is 45.2 Å². The van der Waals surface area contributed by atoms with E-state index >= 15 is 0 Å². The van der Waals surface area contributed by atoms with E-state index in [2.05, 4.69) is 31.0 Å². The van der Waals surface area contributed by atoms with Crippen LogP contribution < -0.4 is 10.2 Å². The molecular formula is C16H23FN2. The van der Waals surface area contributed by atoms with Gasteiger partial charge in [-0.1, -0.05) is 6.07 Å². The summed E-state index contributed by atoms with van der Waals surface area (Å²) in [6, 6.07) is 5.52. The number of halogens is 1. The molecule has 0 aromatic heterocycles. The summed E-state index contributed by atoms with van der Waals surface area (Å²) in [6.45, 7) is 8.55. The molecule has 2 aliphatic rings. The molecular weight excluding hydrogens is 239 g/mol. The predicted octanol–water partition coefficient (Wildman–Crippen LogP) is 3.10. The first kappa shape index (κ1) is 12.9. The molecule has 19 heavy (non-hydrogen) atoms. The Kier molecular flexibility index (Phi) is 3.05. The normalized spacial score (nSPS) is 31.6. The van der Waals surface area contributed by atoms with Crippen molar-refractivity contribution in [2.75, 3.05) is 18.0 Å². The van der Waals surface area contributed by atoms with Crippen LogP contribution in [0.3, 0.4) is 0 Å². The molecule has 1 aliphatic heterocycles. The van der Waals surface area contributed by atoms with Gasteiger partial charge in [0.2, 0.25) is 0 Å². The number of nitrogens with one attached hydrogen (secondary N) is 1. The quantitative estimate of drug-likeness (QED) is 0.881. The van der Waals surface area contributed by atoms with Gasteiger partial charge in [-0.05, 0) is 57.2 Å². The predicted molar refractivity (Wildman–Crippen MR) is 77.1 cm³/mol. The van der Waals surface area contributed by atoms with E-state index in [1.807, 2.05) is 6.07 Å². The number of benzene rings is 1. The highest BCUT2D eigenvalue weighted by molar-refractivity contribution is 5.55. The van der Waals surface area contributed by atoms with Crippen molar-refractivity contribution >= 4 is 5.69 Å². The zero-order valence-electron chi connectivity index (χ0n) is 12.0. The number of aryl methyl sites for hydroxylation is 1. The van der Waals surface area contributed by atoms with Gasteiger partial charge in [0.15, 0.2) is 0 Å². The zero-order valence-corrected chi connectivity index (χ0v) is 12.0. The maximum Gasteiger partial charge on any atom is 0.125 e. The number of hydrogen-bond donors (Lipinski definition) is 1. The number of rotatable bonds is 2. The summed E-state index contributed by atoms with van der Waals surface area (Å²) in [4.78, 5) is 2.38. The van der Waals surface area contributed by atoms with Crippen LogP contribution in [0.2, 0.25) is 0 Å². The van der Waals surface area contributed by atoms with E-state index in [0.29, 0.717) is 6.04 Å². The van der Waals surface area contributed by atoms with Crippen LogP contribution in [-0.4, -0.2) is 24.7 Å². The van der Waals surface area contributed by atoms with Crippen molar-refractivity contribution in [3.05, 3.63) is 29.6 Å². The van der Waals surface area contributed by atoms with E-state index < -0.39 is 0 Å². The average Bonchev–Trinajstić information content (AvgIpc) is 3.20. The molecule has 1 aromatic rings. The van der Waals surface area contributed by atoms with Gasteiger partial charge in [0, 0.05) is 30.4 Å². The topological polar surface area (TPSA) is 15.3 Å². The van der Waals surface area contributed by atoms with E-state index in [-0.39, 0.29) is 11.4 Å². The lowest BCUT2D eigenvalue weighted by atomic mass is 9.90. The Hall–Kier alpha value is -1.09. The van der Waals surface area contributed by atoms with Gasteiger partial charge in [-0.25, -0.2) is 4.39 Å². The van der Waals surface area contributed by atoms with Gasteiger partial charge in [-0.15, -0.1) is 0 Å². The molecule has 0 bridgehead atoms. The van der Waals surface area contributed by atoms with Crippen LogP contribution in [0.1, 0.15) is 32.3 Å². The van der Waals surface area contributed by atoms with E-state index in [1.165, 1.54) is 12.8 Å². The Morgan fingerprint density at radius 2 is 2.11 bits per heavy atom. The molecule has 104 valence electrons. The Labute approximate surface area is 115 Å². The Morgan fingerprint density at radius 1 is 1.37 bits per heavy atom. The third-order valence-electron chi connectivity index (χ3n) is 4.79. The lowest BCUT2D eigenvalue weighted by Crippen LogP contribution is -2.63. The van der Waals surface area contributed by atoms with Crippen molar-refractivity contribution in [2.24, 2.45) is 5.92 Å². The van der Waals surface area contributed by atoms with Crippen molar-refractivity contribution in [3.8, 4) is 0 Å². The van der Waals surface area contributed by atoms with E-state index in [9.17, 15) is 4.39 Å². The molecule has 1 saturated carbocycles. The molecule has 2 unspecified atom stereocenters. The van der Waals surface area contributed by atoms with Crippen LogP contribution in [0.15, 0.2) is 18.2 Å². The monoisotopic (exact) mass is 262 g/mol. The van der Waals surface area contributed by atoms with Crippen LogP contribution in [0.25, 0.3) is 0 Å². The largest absolute Gasteiger partial charge is 0.365 e. The summed E-state index contributed by atoms with van der Waals surface area (Å²) in [5.41, 5.74) is 2.40. The van der Waals surface area contributed by atoms with Gasteiger partial charge in [0.1, 0.15) is 5.82 Å². The van der Waals surface area contributed by atoms with Crippen LogP contribution in [-0.2, 0) is 0 Å². The van der Waals surface area contributed by atoms with Crippen LogP contribution in [0, 0.1) is 18.7 Å². The first-order valence-electron chi connectivity index (χ1n) is 7.27. The zero-order chi connectivity index (χ0) is 13.6. The highest BCUT2D eigenvalue weighted by Crippen LogP contribution is 2.42.